The summed E-state index contributed by atoms with van der Waals surface area (Å²) in [6.07, 6.45) is 0. The molecule has 4 heteroatoms. The van der Waals surface area contributed by atoms with Crippen molar-refractivity contribution in [2.45, 2.75) is 0 Å². The fourth-order valence-electron chi connectivity index (χ4n) is 1.53. The van der Waals surface area contributed by atoms with Crippen LogP contribution in [0.1, 0.15) is 0 Å². The first-order valence-electron chi connectivity index (χ1n) is 4.86. The largest absolute Gasteiger partial charge is 0.365 e. The monoisotopic (exact) mass is 213 g/mol. The van der Waals surface area contributed by atoms with E-state index in [4.69, 9.17) is 11.5 Å². The van der Waals surface area contributed by atoms with Gasteiger partial charge in [0.1, 0.15) is 0 Å². The van der Waals surface area contributed by atoms with Crippen LogP contribution in [-0.4, -0.2) is 17.4 Å². The van der Waals surface area contributed by atoms with Crippen molar-refractivity contribution in [1.29, 1.82) is 0 Å². The molecule has 0 bridgehead atoms. The maximum Gasteiger partial charge on any atom is 0.257 e. The zero-order valence-corrected chi connectivity index (χ0v) is 8.80. The summed E-state index contributed by atoms with van der Waals surface area (Å²) in [5, 5.41) is 6.14. The summed E-state index contributed by atoms with van der Waals surface area (Å²) in [6.45, 7) is 3.74. The number of nitrogens with zero attached hydrogens (tertiary/aromatic N) is 2. The Morgan fingerprint density at radius 1 is 1.06 bits per heavy atom. The van der Waals surface area contributed by atoms with E-state index < -0.39 is 0 Å². The third kappa shape index (κ3) is 2.00. The highest BCUT2D eigenvalue weighted by atomic mass is 15.4. The molecule has 0 unspecified atom stereocenters. The van der Waals surface area contributed by atoms with E-state index in [9.17, 15) is 0 Å². The molecule has 0 fully saturated rings. The van der Waals surface area contributed by atoms with Crippen molar-refractivity contribution < 1.29 is 4.68 Å². The van der Waals surface area contributed by atoms with Gasteiger partial charge >= 0.3 is 0 Å². The normalized spacial score (nSPS) is 10.0. The lowest BCUT2D eigenvalue weighted by Crippen LogP contribution is -2.24. The van der Waals surface area contributed by atoms with Gasteiger partial charge in [-0.1, -0.05) is 28.9 Å². The highest BCUT2D eigenvalue weighted by Crippen LogP contribution is 2.20. The van der Waals surface area contributed by atoms with Gasteiger partial charge in [-0.05, 0) is 16.8 Å². The molecule has 0 saturated carbocycles. The number of benzene rings is 2. The molecule has 2 aromatic carbocycles. The second-order valence-corrected chi connectivity index (χ2v) is 3.46. The van der Waals surface area contributed by atoms with Crippen molar-refractivity contribution in [3.63, 3.8) is 0 Å². The number of fused-ring (bicyclic) bond motifs is 1. The quantitative estimate of drug-likeness (QED) is 0.342. The van der Waals surface area contributed by atoms with Gasteiger partial charge in [0.05, 0.1) is 0 Å². The lowest BCUT2D eigenvalue weighted by Gasteiger charge is -1.97. The van der Waals surface area contributed by atoms with Crippen LogP contribution in [0.3, 0.4) is 0 Å². The molecule has 0 aromatic heterocycles. The highest BCUT2D eigenvalue weighted by molar-refractivity contribution is 5.84. The van der Waals surface area contributed by atoms with Gasteiger partial charge in [-0.3, -0.25) is 0 Å². The fraction of sp³-hybridized carbons (Fsp3) is 0. The van der Waals surface area contributed by atoms with Crippen LogP contribution in [-0.2, 0) is 0 Å². The zero-order chi connectivity index (χ0) is 11.5. The molecule has 2 rings (SSSR count). The summed E-state index contributed by atoms with van der Waals surface area (Å²) < 4.78 is 1.40. The SMILES string of the molecule is C=[N+](N=C(N)N)c1ccc2ccccc2c1. The molecule has 0 heterocycles. The Morgan fingerprint density at radius 3 is 2.44 bits per heavy atom. The summed E-state index contributed by atoms with van der Waals surface area (Å²) in [5.74, 6) is -0.0110. The van der Waals surface area contributed by atoms with Gasteiger partial charge < -0.3 is 11.5 Å². The Morgan fingerprint density at radius 2 is 1.75 bits per heavy atom. The number of nitrogens with two attached hydrogens (primary N) is 2. The standard InChI is InChI=1S/C12H13N4/c1-16(15-12(13)14)11-7-6-9-4-2-3-5-10(9)8-11/h2-8H,1H2,(H4,13,14,15)/q+1. The van der Waals surface area contributed by atoms with Gasteiger partial charge in [-0.15, -0.1) is 0 Å². The molecule has 0 atom stereocenters. The summed E-state index contributed by atoms with van der Waals surface area (Å²) in [7, 11) is 0. The minimum atomic E-state index is -0.0110. The average molecular weight is 213 g/mol. The topological polar surface area (TPSA) is 67.4 Å². The Bertz CT molecular complexity index is 568. The van der Waals surface area contributed by atoms with E-state index in [1.807, 2.05) is 42.5 Å². The summed E-state index contributed by atoms with van der Waals surface area (Å²) in [5.41, 5.74) is 11.4. The van der Waals surface area contributed by atoms with Crippen LogP contribution < -0.4 is 11.5 Å². The van der Waals surface area contributed by atoms with Gasteiger partial charge in [-0.2, -0.15) is 0 Å². The summed E-state index contributed by atoms with van der Waals surface area (Å²) >= 11 is 0. The molecule has 4 nitrogen and oxygen atoms in total. The first-order chi connectivity index (χ1) is 7.66. The van der Waals surface area contributed by atoms with Crippen LogP contribution >= 0.6 is 0 Å². The maximum absolute atomic E-state index is 5.29. The molecule has 0 spiro atoms. The van der Waals surface area contributed by atoms with Crippen LogP contribution in [0.4, 0.5) is 5.69 Å². The van der Waals surface area contributed by atoms with E-state index >= 15 is 0 Å². The van der Waals surface area contributed by atoms with Gasteiger partial charge in [0.2, 0.25) is 5.69 Å². The second-order valence-electron chi connectivity index (χ2n) is 3.46. The Hall–Kier alpha value is -2.36. The Labute approximate surface area is 93.5 Å². The molecule has 80 valence electrons. The zero-order valence-electron chi connectivity index (χ0n) is 8.80. The van der Waals surface area contributed by atoms with Crippen molar-refractivity contribution in [2.24, 2.45) is 16.6 Å². The van der Waals surface area contributed by atoms with Crippen molar-refractivity contribution >= 4 is 29.1 Å². The third-order valence-electron chi connectivity index (χ3n) is 2.27. The Kier molecular flexibility index (Phi) is 2.55. The number of hydrogen-bond donors (Lipinski definition) is 2. The highest BCUT2D eigenvalue weighted by Gasteiger charge is 2.06. The van der Waals surface area contributed by atoms with Crippen LogP contribution in [0.5, 0.6) is 0 Å². The van der Waals surface area contributed by atoms with Crippen molar-refractivity contribution in [3.8, 4) is 0 Å². The number of hydrogen-bond acceptors (Lipinski definition) is 1. The smallest absolute Gasteiger partial charge is 0.257 e. The van der Waals surface area contributed by atoms with Crippen molar-refractivity contribution in [1.82, 2.24) is 0 Å². The van der Waals surface area contributed by atoms with Crippen LogP contribution in [0.15, 0.2) is 47.6 Å². The van der Waals surface area contributed by atoms with E-state index in [1.54, 1.807) is 0 Å². The lowest BCUT2D eigenvalue weighted by molar-refractivity contribution is -0.436. The van der Waals surface area contributed by atoms with Gasteiger partial charge in [0, 0.05) is 17.2 Å². The average Bonchev–Trinajstić information content (AvgIpc) is 2.27. The van der Waals surface area contributed by atoms with Gasteiger partial charge in [0.25, 0.3) is 5.96 Å². The molecule has 0 aliphatic carbocycles. The van der Waals surface area contributed by atoms with Crippen LogP contribution in [0.25, 0.3) is 10.8 Å². The molecule has 0 aliphatic rings. The first-order valence-corrected chi connectivity index (χ1v) is 4.86. The predicted molar refractivity (Wildman–Crippen MR) is 66.8 cm³/mol. The maximum atomic E-state index is 5.29. The molecule has 16 heavy (non-hydrogen) atoms. The summed E-state index contributed by atoms with van der Waals surface area (Å²) in [6, 6.07) is 14.0. The number of rotatable bonds is 2. The minimum absolute atomic E-state index is 0.0110. The van der Waals surface area contributed by atoms with Gasteiger partial charge in [-0.25, -0.2) is 0 Å². The first kappa shape index (κ1) is 10.2. The molecule has 2 aromatic rings. The molecular weight excluding hydrogens is 200 g/mol. The molecule has 4 N–H and O–H groups in total. The lowest BCUT2D eigenvalue weighted by atomic mass is 10.1. The van der Waals surface area contributed by atoms with Crippen LogP contribution in [0, 0.1) is 0 Å². The van der Waals surface area contributed by atoms with Crippen LogP contribution in [0.2, 0.25) is 0 Å². The van der Waals surface area contributed by atoms with Gasteiger partial charge in [0.15, 0.2) is 6.72 Å². The van der Waals surface area contributed by atoms with E-state index in [0.29, 0.717) is 0 Å². The van der Waals surface area contributed by atoms with E-state index in [-0.39, 0.29) is 5.96 Å². The molecule has 0 aliphatic heterocycles. The number of hydrazone groups is 1. The van der Waals surface area contributed by atoms with Crippen molar-refractivity contribution in [3.05, 3.63) is 42.5 Å². The Balaban J connectivity index is 2.47. The third-order valence-corrected chi connectivity index (χ3v) is 2.27. The van der Waals surface area contributed by atoms with E-state index in [1.165, 1.54) is 10.1 Å². The number of guanidine groups is 1. The van der Waals surface area contributed by atoms with E-state index in [0.717, 1.165) is 11.1 Å². The molecule has 0 radical (unpaired) electrons. The minimum Gasteiger partial charge on any atom is -0.365 e. The molecule has 0 amide bonds. The molecular formula is C12H13N4+. The summed E-state index contributed by atoms with van der Waals surface area (Å²) in [4.78, 5) is 0. The van der Waals surface area contributed by atoms with Crippen molar-refractivity contribution in [2.75, 3.05) is 0 Å². The second kappa shape index (κ2) is 4.02. The fourth-order valence-corrected chi connectivity index (χ4v) is 1.53. The predicted octanol–water partition coefficient (Wildman–Crippen LogP) is 1.37. The van der Waals surface area contributed by atoms with E-state index in [2.05, 4.69) is 11.8 Å². The molecule has 0 saturated heterocycles.